The third kappa shape index (κ3) is 2.29. The molecule has 4 nitrogen and oxygen atoms in total. The van der Waals surface area contributed by atoms with Crippen molar-refractivity contribution in [1.82, 2.24) is 10.2 Å². The summed E-state index contributed by atoms with van der Waals surface area (Å²) in [5, 5.41) is 18.9. The van der Waals surface area contributed by atoms with Crippen LogP contribution in [0, 0.1) is 11.3 Å². The summed E-state index contributed by atoms with van der Waals surface area (Å²) < 4.78 is 5.72. The average molecular weight is 261 g/mol. The van der Waals surface area contributed by atoms with E-state index >= 15 is 0 Å². The second-order valence-electron chi connectivity index (χ2n) is 4.29. The molecule has 0 aliphatic carbocycles. The van der Waals surface area contributed by atoms with Gasteiger partial charge < -0.3 is 4.74 Å². The third-order valence-electron chi connectivity index (χ3n) is 3.04. The minimum absolute atomic E-state index is 0.298. The minimum atomic E-state index is 0.298. The van der Waals surface area contributed by atoms with Crippen LogP contribution in [0.4, 0.5) is 0 Å². The molecule has 0 amide bonds. The first-order valence-corrected chi connectivity index (χ1v) is 6.20. The molecule has 2 aromatic carbocycles. The quantitative estimate of drug-likeness (QED) is 0.727. The lowest BCUT2D eigenvalue weighted by Crippen LogP contribution is -2.01. The molecule has 1 heterocycles. The largest absolute Gasteiger partial charge is 0.471 e. The van der Waals surface area contributed by atoms with Gasteiger partial charge in [0.05, 0.1) is 17.8 Å². The molecule has 0 spiro atoms. The molecule has 0 saturated carbocycles. The number of nitriles is 1. The number of hydrogen-bond acceptors (Lipinski definition) is 4. The molecule has 0 saturated heterocycles. The topological polar surface area (TPSA) is 58.8 Å². The van der Waals surface area contributed by atoms with E-state index in [-0.39, 0.29) is 0 Å². The van der Waals surface area contributed by atoms with Gasteiger partial charge in [-0.2, -0.15) is 10.4 Å². The number of hydrogen-bond donors (Lipinski definition) is 0. The van der Waals surface area contributed by atoms with Gasteiger partial charge >= 0.3 is 0 Å². The zero-order valence-corrected chi connectivity index (χ0v) is 10.7. The molecule has 0 N–H and O–H groups in total. The Balaban J connectivity index is 1.89. The van der Waals surface area contributed by atoms with E-state index in [4.69, 9.17) is 10.00 Å². The number of benzene rings is 2. The Hall–Kier alpha value is -2.93. The fraction of sp³-hybridized carbons (Fsp3) is 0.0625. The van der Waals surface area contributed by atoms with E-state index in [0.717, 1.165) is 16.3 Å². The molecule has 3 aromatic rings. The maximum Gasteiger partial charge on any atom is 0.241 e. The van der Waals surface area contributed by atoms with E-state index in [1.807, 2.05) is 42.5 Å². The van der Waals surface area contributed by atoms with Gasteiger partial charge in [-0.1, -0.05) is 36.4 Å². The van der Waals surface area contributed by atoms with Crippen LogP contribution in [0.25, 0.3) is 10.8 Å². The van der Waals surface area contributed by atoms with Gasteiger partial charge in [0, 0.05) is 16.3 Å². The van der Waals surface area contributed by atoms with E-state index in [2.05, 4.69) is 16.3 Å². The summed E-state index contributed by atoms with van der Waals surface area (Å²) >= 11 is 0. The number of nitrogens with zero attached hydrogens (tertiary/aromatic N) is 3. The van der Waals surface area contributed by atoms with Crippen molar-refractivity contribution in [3.63, 3.8) is 0 Å². The molecular formula is C16H11N3O. The van der Waals surface area contributed by atoms with Crippen LogP contribution in [0.2, 0.25) is 0 Å². The van der Waals surface area contributed by atoms with Crippen LogP contribution >= 0.6 is 0 Å². The Morgan fingerprint density at radius 3 is 2.75 bits per heavy atom. The van der Waals surface area contributed by atoms with E-state index in [0.29, 0.717) is 18.1 Å². The maximum absolute atomic E-state index is 9.05. The molecule has 1 aromatic heterocycles. The zero-order chi connectivity index (χ0) is 13.8. The Bertz CT molecular complexity index is 788. The summed E-state index contributed by atoms with van der Waals surface area (Å²) in [6.07, 6.45) is 1.70. The second-order valence-corrected chi connectivity index (χ2v) is 4.29. The second kappa shape index (κ2) is 5.37. The van der Waals surface area contributed by atoms with Crippen molar-refractivity contribution >= 4 is 10.8 Å². The average Bonchev–Trinajstić information content (AvgIpc) is 2.53. The zero-order valence-electron chi connectivity index (χ0n) is 10.7. The van der Waals surface area contributed by atoms with E-state index in [9.17, 15) is 0 Å². The lowest BCUT2D eigenvalue weighted by Gasteiger charge is -2.08. The Morgan fingerprint density at radius 2 is 1.85 bits per heavy atom. The summed E-state index contributed by atoms with van der Waals surface area (Å²) in [7, 11) is 0. The van der Waals surface area contributed by atoms with Crippen LogP contribution in [0.5, 0.6) is 5.88 Å². The number of ether oxygens (including phenoxy) is 1. The van der Waals surface area contributed by atoms with E-state index < -0.39 is 0 Å². The first-order valence-electron chi connectivity index (χ1n) is 6.20. The predicted octanol–water partition coefficient (Wildman–Crippen LogP) is 3.08. The first kappa shape index (κ1) is 12.1. The Kier molecular flexibility index (Phi) is 3.25. The van der Waals surface area contributed by atoms with Crippen LogP contribution in [0.15, 0.2) is 54.7 Å². The van der Waals surface area contributed by atoms with Crippen molar-refractivity contribution in [3.05, 3.63) is 65.9 Å². The first-order chi connectivity index (χ1) is 9.88. The van der Waals surface area contributed by atoms with Crippen molar-refractivity contribution in [2.45, 2.75) is 6.61 Å². The van der Waals surface area contributed by atoms with Crippen molar-refractivity contribution in [2.75, 3.05) is 0 Å². The van der Waals surface area contributed by atoms with Gasteiger partial charge in [-0.05, 0) is 12.1 Å². The van der Waals surface area contributed by atoms with Crippen LogP contribution < -0.4 is 4.74 Å². The molecule has 3 rings (SSSR count). The smallest absolute Gasteiger partial charge is 0.241 e. The van der Waals surface area contributed by atoms with E-state index in [1.54, 1.807) is 12.3 Å². The number of aromatic nitrogens is 2. The van der Waals surface area contributed by atoms with Gasteiger partial charge in [0.1, 0.15) is 6.61 Å². The molecule has 0 bridgehead atoms. The monoisotopic (exact) mass is 261 g/mol. The predicted molar refractivity (Wildman–Crippen MR) is 75.0 cm³/mol. The van der Waals surface area contributed by atoms with Crippen LogP contribution in [-0.4, -0.2) is 10.2 Å². The van der Waals surface area contributed by atoms with Crippen molar-refractivity contribution < 1.29 is 4.74 Å². The normalized spacial score (nSPS) is 10.2. The Labute approximate surface area is 116 Å². The van der Waals surface area contributed by atoms with Crippen molar-refractivity contribution in [1.29, 1.82) is 5.26 Å². The van der Waals surface area contributed by atoms with Gasteiger partial charge in [0.25, 0.3) is 0 Å². The molecule has 4 heteroatoms. The molecule has 0 radical (unpaired) electrons. The molecule has 0 atom stereocenters. The highest BCUT2D eigenvalue weighted by Crippen LogP contribution is 2.22. The fourth-order valence-corrected chi connectivity index (χ4v) is 2.01. The van der Waals surface area contributed by atoms with Crippen LogP contribution in [0.1, 0.15) is 11.1 Å². The highest BCUT2D eigenvalue weighted by atomic mass is 16.5. The third-order valence-corrected chi connectivity index (χ3v) is 3.04. The summed E-state index contributed by atoms with van der Waals surface area (Å²) in [4.78, 5) is 0. The maximum atomic E-state index is 9.05. The molecular weight excluding hydrogens is 250 g/mol. The van der Waals surface area contributed by atoms with Gasteiger partial charge in [-0.15, -0.1) is 5.10 Å². The summed E-state index contributed by atoms with van der Waals surface area (Å²) in [6, 6.07) is 17.3. The molecule has 20 heavy (non-hydrogen) atoms. The highest BCUT2D eigenvalue weighted by Gasteiger charge is 2.06. The van der Waals surface area contributed by atoms with E-state index in [1.165, 1.54) is 0 Å². The molecule has 0 aliphatic rings. The van der Waals surface area contributed by atoms with Crippen LogP contribution in [-0.2, 0) is 6.61 Å². The van der Waals surface area contributed by atoms with Crippen LogP contribution in [0.3, 0.4) is 0 Å². The van der Waals surface area contributed by atoms with Crippen molar-refractivity contribution in [2.24, 2.45) is 0 Å². The van der Waals surface area contributed by atoms with Gasteiger partial charge in [-0.25, -0.2) is 0 Å². The van der Waals surface area contributed by atoms with Gasteiger partial charge in [0.2, 0.25) is 5.88 Å². The van der Waals surface area contributed by atoms with Gasteiger partial charge in [-0.3, -0.25) is 0 Å². The fourth-order valence-electron chi connectivity index (χ4n) is 2.01. The molecule has 0 fully saturated rings. The lowest BCUT2D eigenvalue weighted by molar-refractivity contribution is 0.294. The number of fused-ring (bicyclic) bond motifs is 1. The Morgan fingerprint density at radius 1 is 1.05 bits per heavy atom. The van der Waals surface area contributed by atoms with Gasteiger partial charge in [0.15, 0.2) is 0 Å². The minimum Gasteiger partial charge on any atom is -0.471 e. The number of rotatable bonds is 3. The molecule has 96 valence electrons. The lowest BCUT2D eigenvalue weighted by atomic mass is 10.1. The summed E-state index contributed by atoms with van der Waals surface area (Å²) in [5.41, 5.74) is 1.45. The highest BCUT2D eigenvalue weighted by molar-refractivity contribution is 5.85. The standard InChI is InChI=1S/C16H11N3O/c17-9-12-5-1-2-7-14(12)11-20-16-15-8-4-3-6-13(15)10-18-19-16/h1-8,10H,11H2. The van der Waals surface area contributed by atoms with Crippen molar-refractivity contribution in [3.8, 4) is 11.9 Å². The SMILES string of the molecule is N#Cc1ccccc1COc1nncc2ccccc12. The summed E-state index contributed by atoms with van der Waals surface area (Å²) in [6.45, 7) is 0.298. The molecule has 0 unspecified atom stereocenters. The summed E-state index contributed by atoms with van der Waals surface area (Å²) in [5.74, 6) is 0.482. The molecule has 0 aliphatic heterocycles.